The highest BCUT2D eigenvalue weighted by molar-refractivity contribution is 6.10. The Morgan fingerprint density at radius 3 is 1.75 bits per heavy atom. The Morgan fingerprint density at radius 1 is 0.365 bits per heavy atom. The fourth-order valence-electron chi connectivity index (χ4n) is 8.77. The van der Waals surface area contributed by atoms with Gasteiger partial charge in [-0.3, -0.25) is 0 Å². The average molecular weight is 666 g/mol. The first-order chi connectivity index (χ1) is 25.8. The second kappa shape index (κ2) is 11.1. The Balaban J connectivity index is 1.26. The van der Waals surface area contributed by atoms with Gasteiger partial charge < -0.3 is 14.0 Å². The molecule has 52 heavy (non-hydrogen) atoms. The molecule has 0 saturated heterocycles. The number of hydrogen-bond donors (Lipinski definition) is 0. The molecule has 1 aromatic heterocycles. The third-order valence-corrected chi connectivity index (χ3v) is 10.9. The van der Waals surface area contributed by atoms with Crippen LogP contribution in [0.1, 0.15) is 22.3 Å². The van der Waals surface area contributed by atoms with Gasteiger partial charge >= 0.3 is 0 Å². The van der Waals surface area contributed by atoms with Gasteiger partial charge in [0, 0.05) is 38.7 Å². The molecule has 8 aromatic carbocycles. The van der Waals surface area contributed by atoms with E-state index in [9.17, 15) is 0 Å². The third-order valence-electron chi connectivity index (χ3n) is 10.9. The minimum Gasteiger partial charge on any atom is -0.457 e. The van der Waals surface area contributed by atoms with E-state index in [1.165, 1.54) is 16.3 Å². The molecule has 244 valence electrons. The van der Waals surface area contributed by atoms with E-state index < -0.39 is 5.41 Å². The van der Waals surface area contributed by atoms with Gasteiger partial charge in [-0.25, -0.2) is 0 Å². The molecule has 9 aromatic rings. The second-order valence-electron chi connectivity index (χ2n) is 13.6. The number of ether oxygens (including phenoxy) is 2. The van der Waals surface area contributed by atoms with Crippen molar-refractivity contribution in [2.24, 2.45) is 0 Å². The van der Waals surface area contributed by atoms with E-state index >= 15 is 0 Å². The monoisotopic (exact) mass is 665 g/mol. The van der Waals surface area contributed by atoms with Crippen molar-refractivity contribution in [2.45, 2.75) is 5.41 Å². The van der Waals surface area contributed by atoms with Gasteiger partial charge in [0.1, 0.15) is 23.0 Å². The Hall–Kier alpha value is -6.84. The van der Waals surface area contributed by atoms with E-state index in [0.29, 0.717) is 0 Å². The zero-order valence-electron chi connectivity index (χ0n) is 28.2. The molecule has 3 nitrogen and oxygen atoms in total. The second-order valence-corrected chi connectivity index (χ2v) is 13.6. The van der Waals surface area contributed by atoms with E-state index in [2.05, 4.69) is 193 Å². The molecule has 0 N–H and O–H groups in total. The minimum absolute atomic E-state index is 0.739. The van der Waals surface area contributed by atoms with Crippen molar-refractivity contribution in [1.82, 2.24) is 4.57 Å². The highest BCUT2D eigenvalue weighted by atomic mass is 16.5. The molecule has 0 amide bonds. The van der Waals surface area contributed by atoms with Gasteiger partial charge in [-0.1, -0.05) is 133 Å². The van der Waals surface area contributed by atoms with Crippen molar-refractivity contribution >= 4 is 21.8 Å². The quantitative estimate of drug-likeness (QED) is 0.187. The topological polar surface area (TPSA) is 23.4 Å². The van der Waals surface area contributed by atoms with Crippen molar-refractivity contribution in [3.05, 3.63) is 210 Å². The van der Waals surface area contributed by atoms with Gasteiger partial charge in [0.25, 0.3) is 0 Å². The fraction of sp³-hybridized carbons (Fsp3) is 0.0204. The number of benzene rings is 8. The number of fused-ring (bicyclic) bond motifs is 11. The van der Waals surface area contributed by atoms with Crippen LogP contribution < -0.4 is 9.47 Å². The number of para-hydroxylation sites is 4. The van der Waals surface area contributed by atoms with Crippen molar-refractivity contribution in [3.8, 4) is 50.9 Å². The summed E-state index contributed by atoms with van der Waals surface area (Å²) < 4.78 is 16.1. The van der Waals surface area contributed by atoms with Gasteiger partial charge in [-0.2, -0.15) is 0 Å². The summed E-state index contributed by atoms with van der Waals surface area (Å²) in [6.07, 6.45) is 0. The highest BCUT2D eigenvalue weighted by Gasteiger charge is 2.51. The summed E-state index contributed by atoms with van der Waals surface area (Å²) in [4.78, 5) is 0. The van der Waals surface area contributed by atoms with Crippen LogP contribution in [0.3, 0.4) is 0 Å². The third kappa shape index (κ3) is 4.02. The van der Waals surface area contributed by atoms with Gasteiger partial charge in [-0.05, 0) is 76.9 Å². The Kier molecular flexibility index (Phi) is 6.17. The summed E-state index contributed by atoms with van der Waals surface area (Å²) in [5.74, 6) is 3.38. The van der Waals surface area contributed by atoms with Gasteiger partial charge in [-0.15, -0.1) is 0 Å². The first-order valence-corrected chi connectivity index (χ1v) is 17.8. The van der Waals surface area contributed by atoms with Crippen molar-refractivity contribution in [2.75, 3.05) is 0 Å². The van der Waals surface area contributed by atoms with Gasteiger partial charge in [0.2, 0.25) is 0 Å². The summed E-state index contributed by atoms with van der Waals surface area (Å²) in [5.41, 5.74) is 11.7. The molecule has 0 bridgehead atoms. The lowest BCUT2D eigenvalue weighted by Gasteiger charge is -2.45. The van der Waals surface area contributed by atoms with E-state index in [4.69, 9.17) is 9.47 Å². The van der Waals surface area contributed by atoms with Crippen LogP contribution >= 0.6 is 0 Å². The Morgan fingerprint density at radius 2 is 0.962 bits per heavy atom. The number of aromatic nitrogens is 1. The predicted molar refractivity (Wildman–Crippen MR) is 210 cm³/mol. The molecule has 1 unspecified atom stereocenters. The van der Waals surface area contributed by atoms with Crippen LogP contribution in [-0.4, -0.2) is 4.57 Å². The average Bonchev–Trinajstić information content (AvgIpc) is 3.55. The molecular formula is C49H31NO2. The fourth-order valence-corrected chi connectivity index (χ4v) is 8.77. The van der Waals surface area contributed by atoms with Crippen LogP contribution in [0, 0.1) is 0 Å². The zero-order valence-corrected chi connectivity index (χ0v) is 28.2. The molecule has 0 fully saturated rings. The van der Waals surface area contributed by atoms with Crippen LogP contribution in [0.25, 0.3) is 49.7 Å². The lowest BCUT2D eigenvalue weighted by molar-refractivity contribution is 0.400. The highest BCUT2D eigenvalue weighted by Crippen LogP contribution is 2.63. The normalized spacial score (nSPS) is 15.3. The smallest absolute Gasteiger partial charge is 0.132 e. The predicted octanol–water partition coefficient (Wildman–Crippen LogP) is 12.7. The van der Waals surface area contributed by atoms with Crippen LogP contribution in [-0.2, 0) is 5.41 Å². The zero-order chi connectivity index (χ0) is 34.2. The number of hydrogen-bond acceptors (Lipinski definition) is 2. The Labute approximate surface area is 301 Å². The lowest BCUT2D eigenvalue weighted by Crippen LogP contribution is -2.37. The van der Waals surface area contributed by atoms with Crippen molar-refractivity contribution < 1.29 is 9.47 Å². The maximum absolute atomic E-state index is 6.89. The molecule has 0 radical (unpaired) electrons. The molecule has 1 spiro atoms. The summed E-state index contributed by atoms with van der Waals surface area (Å²) in [5, 5.41) is 2.45. The summed E-state index contributed by atoms with van der Waals surface area (Å²) in [7, 11) is 0. The SMILES string of the molecule is c1ccc(-c2ccc3c(c2)C2(c4ccccc4O3)c3ccccc3Oc3cccc(-c4ccc5c6ccccc6n(-c6ccccc6)c5c4)c32)cc1. The molecule has 2 aliphatic rings. The van der Waals surface area contributed by atoms with Crippen LogP contribution in [0.5, 0.6) is 23.0 Å². The first kappa shape index (κ1) is 28.9. The lowest BCUT2D eigenvalue weighted by atomic mass is 9.60. The van der Waals surface area contributed by atoms with E-state index in [1.54, 1.807) is 0 Å². The maximum atomic E-state index is 6.89. The molecule has 1 atom stereocenters. The van der Waals surface area contributed by atoms with E-state index in [1.807, 2.05) is 0 Å². The minimum atomic E-state index is -0.739. The van der Waals surface area contributed by atoms with E-state index in [0.717, 1.165) is 78.7 Å². The number of rotatable bonds is 3. The van der Waals surface area contributed by atoms with Crippen molar-refractivity contribution in [1.29, 1.82) is 0 Å². The summed E-state index contributed by atoms with van der Waals surface area (Å²) in [6, 6.07) is 67.0. The summed E-state index contributed by atoms with van der Waals surface area (Å²) in [6.45, 7) is 0. The standard InChI is InChI=1S/C49H31NO2/c1-3-14-32(15-4-1)33-27-29-46-41(30-33)49(39-20-8-11-23-44(39)51-46)40-21-9-12-24-45(40)52-47-25-13-19-36(48(47)49)34-26-28-38-37-18-7-10-22-42(37)50(43(38)31-34)35-16-5-2-6-17-35/h1-31H. The molecular weight excluding hydrogens is 635 g/mol. The van der Waals surface area contributed by atoms with Crippen LogP contribution in [0.4, 0.5) is 0 Å². The molecule has 3 heterocycles. The van der Waals surface area contributed by atoms with Gasteiger partial charge in [0.15, 0.2) is 0 Å². The Bertz CT molecular complexity index is 2810. The van der Waals surface area contributed by atoms with Crippen LogP contribution in [0.2, 0.25) is 0 Å². The molecule has 3 heteroatoms. The maximum Gasteiger partial charge on any atom is 0.132 e. The summed E-state index contributed by atoms with van der Waals surface area (Å²) >= 11 is 0. The number of nitrogens with zero attached hydrogens (tertiary/aromatic N) is 1. The molecule has 0 saturated carbocycles. The molecule has 2 aliphatic heterocycles. The van der Waals surface area contributed by atoms with E-state index in [-0.39, 0.29) is 0 Å². The molecule has 11 rings (SSSR count). The van der Waals surface area contributed by atoms with Crippen molar-refractivity contribution in [3.63, 3.8) is 0 Å². The first-order valence-electron chi connectivity index (χ1n) is 17.8. The molecule has 0 aliphatic carbocycles. The van der Waals surface area contributed by atoms with Gasteiger partial charge in [0.05, 0.1) is 16.4 Å². The van der Waals surface area contributed by atoms with Crippen LogP contribution in [0.15, 0.2) is 188 Å². The largest absolute Gasteiger partial charge is 0.457 e.